The van der Waals surface area contributed by atoms with Crippen molar-refractivity contribution in [3.05, 3.63) is 0 Å². The van der Waals surface area contributed by atoms with Crippen LogP contribution in [0.5, 0.6) is 0 Å². The number of likely N-dealkylation sites (N-methyl/N-ethyl adjacent to an activating group) is 2. The number of nitrogens with zero attached hydrogens (tertiary/aromatic N) is 3. The van der Waals surface area contributed by atoms with E-state index in [1.807, 2.05) is 0 Å². The quantitative estimate of drug-likeness (QED) is 0.569. The van der Waals surface area contributed by atoms with Crippen molar-refractivity contribution in [3.63, 3.8) is 0 Å². The second-order valence-electron chi connectivity index (χ2n) is 6.27. The van der Waals surface area contributed by atoms with Gasteiger partial charge in [-0.2, -0.15) is 0 Å². The lowest BCUT2D eigenvalue weighted by Crippen LogP contribution is -2.46. The molecule has 0 N–H and O–H groups in total. The van der Waals surface area contributed by atoms with Crippen LogP contribution in [0.3, 0.4) is 0 Å². The molecule has 0 spiro atoms. The summed E-state index contributed by atoms with van der Waals surface area (Å²) in [7, 11) is 4.44. The molecule has 0 radical (unpaired) electrons. The van der Waals surface area contributed by atoms with Gasteiger partial charge in [-0.15, -0.1) is 0 Å². The maximum atomic E-state index is 5.80. The molecule has 20 heavy (non-hydrogen) atoms. The van der Waals surface area contributed by atoms with Crippen molar-refractivity contribution in [2.75, 3.05) is 66.5 Å². The Bertz CT molecular complexity index is 230. The van der Waals surface area contributed by atoms with Crippen LogP contribution < -0.4 is 0 Å². The fraction of sp³-hybridized carbons (Fsp3) is 1.00. The molecule has 1 aliphatic heterocycles. The van der Waals surface area contributed by atoms with Crippen LogP contribution in [0.1, 0.15) is 33.1 Å². The second-order valence-corrected chi connectivity index (χ2v) is 6.27. The summed E-state index contributed by atoms with van der Waals surface area (Å²) in [5, 5.41) is 0. The molecule has 4 heteroatoms. The predicted octanol–water partition coefficient (Wildman–Crippen LogP) is 1.76. The maximum Gasteiger partial charge on any atom is 0.0546 e. The summed E-state index contributed by atoms with van der Waals surface area (Å²) in [6.45, 7) is 13.7. The number of ether oxygens (including phenoxy) is 1. The van der Waals surface area contributed by atoms with Gasteiger partial charge in [0, 0.05) is 52.4 Å². The molecule has 1 atom stereocenters. The van der Waals surface area contributed by atoms with Crippen molar-refractivity contribution in [3.8, 4) is 0 Å². The van der Waals surface area contributed by atoms with Crippen LogP contribution >= 0.6 is 0 Å². The van der Waals surface area contributed by atoms with Gasteiger partial charge in [0.1, 0.15) is 0 Å². The monoisotopic (exact) mass is 285 g/mol. The van der Waals surface area contributed by atoms with E-state index in [4.69, 9.17) is 4.74 Å². The summed E-state index contributed by atoms with van der Waals surface area (Å²) < 4.78 is 5.80. The highest BCUT2D eigenvalue weighted by molar-refractivity contribution is 4.70. The molecule has 0 aromatic heterocycles. The molecular weight excluding hydrogens is 250 g/mol. The lowest BCUT2D eigenvalue weighted by Gasteiger charge is -2.33. The number of rotatable bonds is 10. The van der Waals surface area contributed by atoms with E-state index < -0.39 is 0 Å². The molecule has 1 aliphatic rings. The van der Waals surface area contributed by atoms with E-state index >= 15 is 0 Å². The molecule has 0 bridgehead atoms. The molecule has 1 unspecified atom stereocenters. The normalized spacial score (nSPS) is 19.6. The number of hydrogen-bond acceptors (Lipinski definition) is 4. The van der Waals surface area contributed by atoms with E-state index in [-0.39, 0.29) is 0 Å². The Balaban J connectivity index is 1.96. The van der Waals surface area contributed by atoms with E-state index in [0.717, 1.165) is 19.6 Å². The molecule has 1 rings (SSSR count). The number of piperazine rings is 1. The molecule has 1 fully saturated rings. The van der Waals surface area contributed by atoms with Gasteiger partial charge in [-0.3, -0.25) is 4.90 Å². The van der Waals surface area contributed by atoms with Crippen molar-refractivity contribution >= 4 is 0 Å². The van der Waals surface area contributed by atoms with Gasteiger partial charge < -0.3 is 14.5 Å². The molecule has 0 aliphatic carbocycles. The van der Waals surface area contributed by atoms with Gasteiger partial charge in [0.25, 0.3) is 0 Å². The first-order valence-electron chi connectivity index (χ1n) is 8.33. The maximum absolute atomic E-state index is 5.80. The minimum Gasteiger partial charge on any atom is -0.378 e. The molecule has 4 nitrogen and oxygen atoms in total. The Kier molecular flexibility index (Phi) is 9.44. The molecule has 1 saturated heterocycles. The smallest absolute Gasteiger partial charge is 0.0546 e. The van der Waals surface area contributed by atoms with Gasteiger partial charge in [0.15, 0.2) is 0 Å². The van der Waals surface area contributed by atoms with Gasteiger partial charge in [-0.1, -0.05) is 13.3 Å². The van der Waals surface area contributed by atoms with Crippen LogP contribution in [0, 0.1) is 0 Å². The zero-order chi connectivity index (χ0) is 14.8. The van der Waals surface area contributed by atoms with Crippen molar-refractivity contribution < 1.29 is 4.74 Å². The number of hydrogen-bond donors (Lipinski definition) is 0. The van der Waals surface area contributed by atoms with Gasteiger partial charge in [-0.25, -0.2) is 0 Å². The average molecular weight is 285 g/mol. The Morgan fingerprint density at radius 1 is 1.15 bits per heavy atom. The van der Waals surface area contributed by atoms with E-state index in [0.29, 0.717) is 6.10 Å². The highest BCUT2D eigenvalue weighted by Crippen LogP contribution is 2.02. The van der Waals surface area contributed by atoms with Crippen LogP contribution in [-0.2, 0) is 4.74 Å². The summed E-state index contributed by atoms with van der Waals surface area (Å²) >= 11 is 0. The Morgan fingerprint density at radius 3 is 2.50 bits per heavy atom. The molecule has 0 saturated carbocycles. The van der Waals surface area contributed by atoms with Crippen LogP contribution in [0.25, 0.3) is 0 Å². The van der Waals surface area contributed by atoms with E-state index in [2.05, 4.69) is 42.6 Å². The zero-order valence-electron chi connectivity index (χ0n) is 14.1. The van der Waals surface area contributed by atoms with Gasteiger partial charge >= 0.3 is 0 Å². The van der Waals surface area contributed by atoms with Crippen LogP contribution in [0.2, 0.25) is 0 Å². The van der Waals surface area contributed by atoms with E-state index in [1.165, 1.54) is 52.1 Å². The Morgan fingerprint density at radius 2 is 1.85 bits per heavy atom. The van der Waals surface area contributed by atoms with Gasteiger partial charge in [0.2, 0.25) is 0 Å². The SMILES string of the molecule is CCCC(C)OCCCN(C)CCN1CCN(C)CC1. The van der Waals surface area contributed by atoms with Crippen LogP contribution in [0.15, 0.2) is 0 Å². The van der Waals surface area contributed by atoms with Gasteiger partial charge in [-0.05, 0) is 33.9 Å². The lowest BCUT2D eigenvalue weighted by molar-refractivity contribution is 0.0534. The lowest BCUT2D eigenvalue weighted by atomic mass is 10.2. The molecule has 0 amide bonds. The largest absolute Gasteiger partial charge is 0.378 e. The van der Waals surface area contributed by atoms with Crippen LogP contribution in [-0.4, -0.2) is 87.3 Å². The topological polar surface area (TPSA) is 19.0 Å². The third kappa shape index (κ3) is 8.20. The minimum atomic E-state index is 0.427. The second kappa shape index (κ2) is 10.6. The fourth-order valence-corrected chi connectivity index (χ4v) is 2.60. The fourth-order valence-electron chi connectivity index (χ4n) is 2.60. The molecule has 120 valence electrons. The van der Waals surface area contributed by atoms with E-state index in [1.54, 1.807) is 0 Å². The Labute approximate surface area is 126 Å². The third-order valence-electron chi connectivity index (χ3n) is 4.18. The molecule has 1 heterocycles. The highest BCUT2D eigenvalue weighted by atomic mass is 16.5. The summed E-state index contributed by atoms with van der Waals surface area (Å²) in [5.74, 6) is 0. The summed E-state index contributed by atoms with van der Waals surface area (Å²) in [6, 6.07) is 0. The molecule has 0 aromatic rings. The molecule has 0 aromatic carbocycles. The van der Waals surface area contributed by atoms with Crippen molar-refractivity contribution in [1.82, 2.24) is 14.7 Å². The summed E-state index contributed by atoms with van der Waals surface area (Å²) in [5.41, 5.74) is 0. The predicted molar refractivity (Wildman–Crippen MR) is 86.4 cm³/mol. The third-order valence-corrected chi connectivity index (χ3v) is 4.18. The standard InChI is InChI=1S/C16H35N3O/c1-5-7-16(2)20-15-6-8-17(3)9-12-19-13-10-18(4)11-14-19/h16H,5-15H2,1-4H3. The highest BCUT2D eigenvalue weighted by Gasteiger charge is 2.13. The van der Waals surface area contributed by atoms with Crippen molar-refractivity contribution in [2.45, 2.75) is 39.2 Å². The van der Waals surface area contributed by atoms with Crippen molar-refractivity contribution in [2.24, 2.45) is 0 Å². The summed E-state index contributed by atoms with van der Waals surface area (Å²) in [4.78, 5) is 7.43. The zero-order valence-corrected chi connectivity index (χ0v) is 14.1. The molecular formula is C16H35N3O. The van der Waals surface area contributed by atoms with E-state index in [9.17, 15) is 0 Å². The average Bonchev–Trinajstić information content (AvgIpc) is 2.43. The first-order chi connectivity index (χ1) is 9.61. The van der Waals surface area contributed by atoms with Gasteiger partial charge in [0.05, 0.1) is 6.10 Å². The first-order valence-corrected chi connectivity index (χ1v) is 8.33. The first kappa shape index (κ1) is 17.9. The minimum absolute atomic E-state index is 0.427. The Hall–Kier alpha value is -0.160. The summed E-state index contributed by atoms with van der Waals surface area (Å²) in [6.07, 6.45) is 3.97. The van der Waals surface area contributed by atoms with Crippen LogP contribution in [0.4, 0.5) is 0 Å². The van der Waals surface area contributed by atoms with Crippen molar-refractivity contribution in [1.29, 1.82) is 0 Å².